The van der Waals surface area contributed by atoms with Gasteiger partial charge in [0.25, 0.3) is 0 Å². The largest absolute Gasteiger partial charge is 0.434 e. The zero-order chi connectivity index (χ0) is 18.3. The number of aryl methyl sites for hydroxylation is 1. The predicted molar refractivity (Wildman–Crippen MR) is 89.2 cm³/mol. The van der Waals surface area contributed by atoms with E-state index >= 15 is 0 Å². The molecule has 0 fully saturated rings. The van der Waals surface area contributed by atoms with Crippen molar-refractivity contribution in [2.24, 2.45) is 0 Å². The second-order valence-corrected chi connectivity index (χ2v) is 5.82. The number of ketones is 1. The number of carbonyl (C=O) groups excluding carboxylic acids is 1. The maximum absolute atomic E-state index is 12.5. The minimum Gasteiger partial charge on any atom is -0.434 e. The van der Waals surface area contributed by atoms with Gasteiger partial charge in [-0.05, 0) is 46.6 Å². The first-order valence-corrected chi connectivity index (χ1v) is 7.54. The highest BCUT2D eigenvalue weighted by molar-refractivity contribution is 9.10. The van der Waals surface area contributed by atoms with Crippen LogP contribution in [0.1, 0.15) is 16.1 Å². The van der Waals surface area contributed by atoms with Crippen molar-refractivity contribution in [1.29, 1.82) is 5.26 Å². The molecule has 128 valence electrons. The predicted octanol–water partition coefficient (Wildman–Crippen LogP) is 3.96. The molecule has 0 amide bonds. The van der Waals surface area contributed by atoms with Crippen LogP contribution in [0.3, 0.4) is 0 Å². The Labute approximate surface area is 147 Å². The van der Waals surface area contributed by atoms with Crippen LogP contribution in [0.4, 0.5) is 8.78 Å². The fraction of sp³-hybridized carbons (Fsp3) is 0.250. The van der Waals surface area contributed by atoms with Crippen molar-refractivity contribution in [3.63, 3.8) is 0 Å². The van der Waals surface area contributed by atoms with E-state index in [1.54, 1.807) is 25.9 Å². The van der Waals surface area contributed by atoms with E-state index in [0.29, 0.717) is 5.56 Å². The normalized spacial score (nSPS) is 10.8. The Morgan fingerprint density at radius 1 is 1.46 bits per heavy atom. The van der Waals surface area contributed by atoms with E-state index in [1.165, 1.54) is 30.6 Å². The number of nitrogens with zero attached hydrogens (tertiary/aromatic N) is 2. The Balaban J connectivity index is 3.45. The third kappa shape index (κ3) is 6.01. The van der Waals surface area contributed by atoms with Crippen molar-refractivity contribution in [1.82, 2.24) is 9.88 Å². The van der Waals surface area contributed by atoms with Crippen molar-refractivity contribution in [3.05, 3.63) is 51.9 Å². The number of H-pyrrole nitrogens is 1. The SMILES string of the molecule is Cc1cc(C(=O)/C(C#N)=C/N(C)C)[nH]ccc(Br)c(OC(F)F)c1. The average Bonchev–Trinajstić information content (AvgIpc) is 2.54. The van der Waals surface area contributed by atoms with Crippen LogP contribution in [0.25, 0.3) is 0 Å². The lowest BCUT2D eigenvalue weighted by Gasteiger charge is -2.05. The number of nitrogens with one attached hydrogen (secondary N) is 1. The zero-order valence-electron chi connectivity index (χ0n) is 13.3. The van der Waals surface area contributed by atoms with Crippen LogP contribution < -0.4 is 4.74 Å². The summed E-state index contributed by atoms with van der Waals surface area (Å²) in [4.78, 5) is 16.8. The maximum Gasteiger partial charge on any atom is 0.387 e. The first-order chi connectivity index (χ1) is 11.2. The second kappa shape index (κ2) is 9.03. The quantitative estimate of drug-likeness (QED) is 0.462. The van der Waals surface area contributed by atoms with Crippen molar-refractivity contribution >= 4 is 21.7 Å². The monoisotopic (exact) mass is 399 g/mol. The van der Waals surface area contributed by atoms with Gasteiger partial charge in [-0.3, -0.25) is 4.79 Å². The Bertz CT molecular complexity index is 735. The van der Waals surface area contributed by atoms with Gasteiger partial charge in [-0.1, -0.05) is 0 Å². The standard InChI is InChI=1S/C16H16BrF2N3O2/c1-10-6-13(15(23)11(8-20)9-22(2)3)21-5-4-12(17)14(7-10)24-16(18)19/h4-7,9,16,21H,1-3H3/b5-4?,10-7?,11-9+,13-6?,14-12?. The lowest BCUT2D eigenvalue weighted by Crippen LogP contribution is -2.09. The van der Waals surface area contributed by atoms with E-state index in [4.69, 9.17) is 5.26 Å². The molecule has 1 aromatic heterocycles. The van der Waals surface area contributed by atoms with Gasteiger partial charge in [0.15, 0.2) is 0 Å². The Morgan fingerprint density at radius 2 is 2.12 bits per heavy atom. The van der Waals surface area contributed by atoms with E-state index in [2.05, 4.69) is 25.7 Å². The molecule has 1 heterocycles. The summed E-state index contributed by atoms with van der Waals surface area (Å²) in [5.41, 5.74) is 0.563. The van der Waals surface area contributed by atoms with E-state index in [1.807, 2.05) is 6.07 Å². The number of carbonyl (C=O) groups is 1. The van der Waals surface area contributed by atoms with E-state index in [9.17, 15) is 13.6 Å². The molecule has 1 rings (SSSR count). The molecule has 8 heteroatoms. The molecule has 0 radical (unpaired) electrons. The van der Waals surface area contributed by atoms with Gasteiger partial charge >= 0.3 is 6.61 Å². The van der Waals surface area contributed by atoms with Crippen LogP contribution in [0.2, 0.25) is 0 Å². The molecule has 5 nitrogen and oxygen atoms in total. The fourth-order valence-electron chi connectivity index (χ4n) is 1.73. The minimum atomic E-state index is -2.97. The molecule has 1 N–H and O–H groups in total. The topological polar surface area (TPSA) is 69.1 Å². The summed E-state index contributed by atoms with van der Waals surface area (Å²) in [7, 11) is 3.38. The van der Waals surface area contributed by atoms with Crippen molar-refractivity contribution in [3.8, 4) is 11.8 Å². The second-order valence-electron chi connectivity index (χ2n) is 4.96. The third-order valence-electron chi connectivity index (χ3n) is 2.65. The van der Waals surface area contributed by atoms with Crippen molar-refractivity contribution in [2.45, 2.75) is 13.5 Å². The Hall–Kier alpha value is -2.40. The zero-order valence-corrected chi connectivity index (χ0v) is 14.9. The molecule has 0 spiro atoms. The summed E-state index contributed by atoms with van der Waals surface area (Å²) in [6.45, 7) is -1.35. The van der Waals surface area contributed by atoms with Crippen LogP contribution in [-0.2, 0) is 0 Å². The molecule has 0 atom stereocenters. The van der Waals surface area contributed by atoms with Gasteiger partial charge in [0.2, 0.25) is 5.78 Å². The van der Waals surface area contributed by atoms with Gasteiger partial charge in [0.05, 0.1) is 10.2 Å². The number of alkyl halides is 2. The van der Waals surface area contributed by atoms with Gasteiger partial charge in [0, 0.05) is 26.5 Å². The highest BCUT2D eigenvalue weighted by atomic mass is 79.9. The summed E-state index contributed by atoms with van der Waals surface area (Å²) in [5.74, 6) is -0.590. The summed E-state index contributed by atoms with van der Waals surface area (Å²) in [5, 5.41) is 9.13. The molecule has 24 heavy (non-hydrogen) atoms. The highest BCUT2D eigenvalue weighted by Gasteiger charge is 2.13. The molecule has 0 saturated carbocycles. The van der Waals surface area contributed by atoms with Crippen LogP contribution in [0.5, 0.6) is 5.75 Å². The summed E-state index contributed by atoms with van der Waals surface area (Å²) in [6.07, 6.45) is 2.79. The number of halogens is 3. The number of ether oxygens (including phenoxy) is 1. The Morgan fingerprint density at radius 3 is 2.67 bits per heavy atom. The molecule has 0 aliphatic rings. The molecule has 0 unspecified atom stereocenters. The first-order valence-electron chi connectivity index (χ1n) is 6.75. The molecule has 0 aliphatic heterocycles. The average molecular weight is 400 g/mol. The lowest BCUT2D eigenvalue weighted by atomic mass is 10.1. The van der Waals surface area contributed by atoms with E-state index in [0.717, 1.165) is 0 Å². The van der Waals surface area contributed by atoms with Gasteiger partial charge in [-0.15, -0.1) is 0 Å². The number of rotatable bonds is 5. The third-order valence-corrected chi connectivity index (χ3v) is 3.30. The number of nitriles is 1. The van der Waals surface area contributed by atoms with Crippen LogP contribution in [0, 0.1) is 18.3 Å². The molecule has 0 aromatic carbocycles. The first kappa shape index (κ1) is 19.6. The maximum atomic E-state index is 12.5. The number of hydrogen-bond acceptors (Lipinski definition) is 4. The smallest absolute Gasteiger partial charge is 0.387 e. The molecule has 0 bridgehead atoms. The number of hydrogen-bond donors (Lipinski definition) is 1. The number of allylic oxidation sites excluding steroid dienone is 1. The summed E-state index contributed by atoms with van der Waals surface area (Å²) < 4.78 is 29.7. The highest BCUT2D eigenvalue weighted by Crippen LogP contribution is 2.25. The van der Waals surface area contributed by atoms with E-state index in [-0.39, 0.29) is 21.5 Å². The van der Waals surface area contributed by atoms with Gasteiger partial charge < -0.3 is 14.6 Å². The number of aromatic amines is 1. The fourth-order valence-corrected chi connectivity index (χ4v) is 2.07. The summed E-state index contributed by atoms with van der Waals surface area (Å²) in [6, 6.07) is 6.08. The van der Waals surface area contributed by atoms with Gasteiger partial charge in [-0.25, -0.2) is 0 Å². The van der Waals surface area contributed by atoms with Crippen molar-refractivity contribution in [2.75, 3.05) is 14.1 Å². The van der Waals surface area contributed by atoms with Gasteiger partial charge in [0.1, 0.15) is 17.4 Å². The molecular formula is C16H16BrF2N3O2. The van der Waals surface area contributed by atoms with E-state index < -0.39 is 12.4 Å². The minimum absolute atomic E-state index is 0.0599. The van der Waals surface area contributed by atoms with Gasteiger partial charge in [-0.2, -0.15) is 14.0 Å². The lowest BCUT2D eigenvalue weighted by molar-refractivity contribution is -0.0503. The number of Topliss-reactive ketones (excluding diaryl/α,β-unsaturated/α-hetero) is 1. The molecule has 1 aromatic rings. The summed E-state index contributed by atoms with van der Waals surface area (Å²) >= 11 is 3.13. The van der Waals surface area contributed by atoms with Crippen LogP contribution in [0.15, 0.2) is 40.6 Å². The Kier molecular flexibility index (Phi) is 7.39. The molecule has 0 aliphatic carbocycles. The van der Waals surface area contributed by atoms with Crippen molar-refractivity contribution < 1.29 is 18.3 Å². The molecular weight excluding hydrogens is 384 g/mol. The molecule has 0 saturated heterocycles. The number of aromatic nitrogens is 1. The van der Waals surface area contributed by atoms with Crippen LogP contribution >= 0.6 is 15.9 Å². The van der Waals surface area contributed by atoms with Crippen LogP contribution in [-0.4, -0.2) is 36.4 Å².